The highest BCUT2D eigenvalue weighted by Gasteiger charge is 2.01. The molecule has 0 bridgehead atoms. The van der Waals surface area contributed by atoms with E-state index in [0.717, 1.165) is 11.3 Å². The third kappa shape index (κ3) is 2.63. The lowest BCUT2D eigenvalue weighted by molar-refractivity contribution is 0.403. The quantitative estimate of drug-likeness (QED) is 0.641. The topological polar surface area (TPSA) is 49.7 Å². The van der Waals surface area contributed by atoms with Gasteiger partial charge in [-0.2, -0.15) is 0 Å². The van der Waals surface area contributed by atoms with E-state index in [1.165, 1.54) is 6.07 Å². The molecular formula is C15H14O3. The second-order valence-corrected chi connectivity index (χ2v) is 3.82. The van der Waals surface area contributed by atoms with Gasteiger partial charge in [-0.3, -0.25) is 0 Å². The van der Waals surface area contributed by atoms with Gasteiger partial charge in [0.05, 0.1) is 7.11 Å². The monoisotopic (exact) mass is 242 g/mol. The minimum absolute atomic E-state index is 0.109. The normalized spacial score (nSPS) is 10.7. The van der Waals surface area contributed by atoms with Crippen LogP contribution < -0.4 is 4.74 Å². The summed E-state index contributed by atoms with van der Waals surface area (Å²) >= 11 is 0. The summed E-state index contributed by atoms with van der Waals surface area (Å²) < 4.78 is 5.07. The van der Waals surface area contributed by atoms with Crippen LogP contribution in [-0.4, -0.2) is 17.3 Å². The van der Waals surface area contributed by atoms with Crippen LogP contribution in [0.5, 0.6) is 17.2 Å². The Morgan fingerprint density at radius 2 is 1.67 bits per heavy atom. The number of phenolic OH excluding ortho intramolecular Hbond substituents is 2. The number of hydrogen-bond donors (Lipinski definition) is 2. The number of para-hydroxylation sites is 1. The Balaban J connectivity index is 2.21. The zero-order chi connectivity index (χ0) is 13.0. The number of aromatic hydroxyl groups is 2. The summed E-state index contributed by atoms with van der Waals surface area (Å²) in [5.74, 6) is 0.571. The Morgan fingerprint density at radius 3 is 2.33 bits per heavy atom. The van der Waals surface area contributed by atoms with Crippen LogP contribution >= 0.6 is 0 Å². The first-order valence-corrected chi connectivity index (χ1v) is 5.54. The molecule has 18 heavy (non-hydrogen) atoms. The second kappa shape index (κ2) is 5.27. The number of rotatable bonds is 3. The number of hydrogen-bond acceptors (Lipinski definition) is 3. The van der Waals surface area contributed by atoms with Gasteiger partial charge in [-0.15, -0.1) is 0 Å². The molecule has 2 N–H and O–H groups in total. The van der Waals surface area contributed by atoms with E-state index in [2.05, 4.69) is 0 Å². The first-order chi connectivity index (χ1) is 8.70. The molecule has 0 radical (unpaired) electrons. The standard InChI is InChI=1S/C15H14O3/c1-18-13-9-6-11(7-10-13)5-8-12-3-2-4-14(16)15(12)17/h2-10,16-17H,1H3. The van der Waals surface area contributed by atoms with Gasteiger partial charge in [0, 0.05) is 5.56 Å². The highest BCUT2D eigenvalue weighted by atomic mass is 16.5. The Kier molecular flexibility index (Phi) is 3.53. The molecule has 0 fully saturated rings. The molecule has 0 spiro atoms. The number of phenols is 2. The summed E-state index contributed by atoms with van der Waals surface area (Å²) in [5.41, 5.74) is 1.56. The van der Waals surface area contributed by atoms with Crippen molar-refractivity contribution in [1.82, 2.24) is 0 Å². The summed E-state index contributed by atoms with van der Waals surface area (Å²) in [6.07, 6.45) is 3.60. The predicted octanol–water partition coefficient (Wildman–Crippen LogP) is 3.28. The minimum atomic E-state index is -0.119. The summed E-state index contributed by atoms with van der Waals surface area (Å²) in [6, 6.07) is 12.4. The fraction of sp³-hybridized carbons (Fsp3) is 0.0667. The lowest BCUT2D eigenvalue weighted by atomic mass is 10.1. The molecule has 3 nitrogen and oxygen atoms in total. The van der Waals surface area contributed by atoms with Crippen LogP contribution in [0.4, 0.5) is 0 Å². The van der Waals surface area contributed by atoms with Crippen LogP contribution in [0.1, 0.15) is 11.1 Å². The molecule has 3 heteroatoms. The molecule has 0 saturated carbocycles. The highest BCUT2D eigenvalue weighted by molar-refractivity contribution is 5.73. The van der Waals surface area contributed by atoms with Crippen molar-refractivity contribution in [3.05, 3.63) is 53.6 Å². The van der Waals surface area contributed by atoms with Crippen molar-refractivity contribution >= 4 is 12.2 Å². The minimum Gasteiger partial charge on any atom is -0.504 e. The summed E-state index contributed by atoms with van der Waals surface area (Å²) in [6.45, 7) is 0. The van der Waals surface area contributed by atoms with Crippen LogP contribution in [-0.2, 0) is 0 Å². The van der Waals surface area contributed by atoms with Gasteiger partial charge >= 0.3 is 0 Å². The lowest BCUT2D eigenvalue weighted by Gasteiger charge is -2.01. The van der Waals surface area contributed by atoms with Gasteiger partial charge in [0.25, 0.3) is 0 Å². The average Bonchev–Trinajstić information content (AvgIpc) is 2.41. The number of benzene rings is 2. The molecule has 2 aromatic carbocycles. The molecule has 0 aliphatic carbocycles. The van der Waals surface area contributed by atoms with Crippen molar-refractivity contribution in [3.8, 4) is 17.2 Å². The van der Waals surface area contributed by atoms with E-state index in [0.29, 0.717) is 5.56 Å². The van der Waals surface area contributed by atoms with E-state index in [-0.39, 0.29) is 11.5 Å². The van der Waals surface area contributed by atoms with Crippen molar-refractivity contribution < 1.29 is 14.9 Å². The van der Waals surface area contributed by atoms with Crippen molar-refractivity contribution in [2.24, 2.45) is 0 Å². The maximum Gasteiger partial charge on any atom is 0.164 e. The SMILES string of the molecule is COc1ccc(C=Cc2cccc(O)c2O)cc1. The molecule has 0 aromatic heterocycles. The van der Waals surface area contributed by atoms with Crippen molar-refractivity contribution in [3.63, 3.8) is 0 Å². The van der Waals surface area contributed by atoms with Crippen LogP contribution in [0.25, 0.3) is 12.2 Å². The smallest absolute Gasteiger partial charge is 0.164 e. The Morgan fingerprint density at radius 1 is 0.944 bits per heavy atom. The summed E-state index contributed by atoms with van der Waals surface area (Å²) in [7, 11) is 1.62. The predicted molar refractivity (Wildman–Crippen MR) is 71.7 cm³/mol. The third-order valence-corrected chi connectivity index (χ3v) is 2.62. The van der Waals surface area contributed by atoms with Gasteiger partial charge in [0.1, 0.15) is 5.75 Å². The van der Waals surface area contributed by atoms with Gasteiger partial charge in [-0.25, -0.2) is 0 Å². The molecule has 0 aliphatic heterocycles. The summed E-state index contributed by atoms with van der Waals surface area (Å²) in [5, 5.41) is 19.0. The molecule has 2 rings (SSSR count). The van der Waals surface area contributed by atoms with E-state index in [9.17, 15) is 10.2 Å². The van der Waals surface area contributed by atoms with Crippen LogP contribution in [0, 0.1) is 0 Å². The maximum absolute atomic E-state index is 9.64. The van der Waals surface area contributed by atoms with Gasteiger partial charge < -0.3 is 14.9 Å². The van der Waals surface area contributed by atoms with Crippen LogP contribution in [0.2, 0.25) is 0 Å². The van der Waals surface area contributed by atoms with Crippen molar-refractivity contribution in [2.45, 2.75) is 0 Å². The van der Waals surface area contributed by atoms with E-state index in [1.807, 2.05) is 30.3 Å². The lowest BCUT2D eigenvalue weighted by Crippen LogP contribution is -1.81. The molecule has 0 atom stereocenters. The Bertz CT molecular complexity index is 556. The largest absolute Gasteiger partial charge is 0.504 e. The van der Waals surface area contributed by atoms with E-state index in [1.54, 1.807) is 25.3 Å². The fourth-order valence-electron chi connectivity index (χ4n) is 1.58. The molecular weight excluding hydrogens is 228 g/mol. The molecule has 0 unspecified atom stereocenters. The molecule has 0 saturated heterocycles. The van der Waals surface area contributed by atoms with E-state index in [4.69, 9.17) is 4.74 Å². The molecule has 2 aromatic rings. The van der Waals surface area contributed by atoms with Gasteiger partial charge in [0.2, 0.25) is 0 Å². The molecule has 92 valence electrons. The molecule has 0 amide bonds. The van der Waals surface area contributed by atoms with E-state index >= 15 is 0 Å². The third-order valence-electron chi connectivity index (χ3n) is 2.62. The Hall–Kier alpha value is -2.42. The van der Waals surface area contributed by atoms with Crippen molar-refractivity contribution in [2.75, 3.05) is 7.11 Å². The zero-order valence-corrected chi connectivity index (χ0v) is 10.00. The van der Waals surface area contributed by atoms with Crippen LogP contribution in [0.3, 0.4) is 0 Å². The Labute approximate surface area is 106 Å². The highest BCUT2D eigenvalue weighted by Crippen LogP contribution is 2.29. The first-order valence-electron chi connectivity index (χ1n) is 5.54. The van der Waals surface area contributed by atoms with Crippen LogP contribution in [0.15, 0.2) is 42.5 Å². The van der Waals surface area contributed by atoms with Gasteiger partial charge in [-0.1, -0.05) is 36.4 Å². The summed E-state index contributed by atoms with van der Waals surface area (Å²) in [4.78, 5) is 0. The van der Waals surface area contributed by atoms with E-state index < -0.39 is 0 Å². The zero-order valence-electron chi connectivity index (χ0n) is 10.00. The van der Waals surface area contributed by atoms with Gasteiger partial charge in [0.15, 0.2) is 11.5 Å². The average molecular weight is 242 g/mol. The first kappa shape index (κ1) is 12.0. The second-order valence-electron chi connectivity index (χ2n) is 3.82. The van der Waals surface area contributed by atoms with Gasteiger partial charge in [-0.05, 0) is 23.8 Å². The molecule has 0 heterocycles. The maximum atomic E-state index is 9.64. The van der Waals surface area contributed by atoms with Crippen molar-refractivity contribution in [1.29, 1.82) is 0 Å². The number of ether oxygens (including phenoxy) is 1. The fourth-order valence-corrected chi connectivity index (χ4v) is 1.58. The molecule has 0 aliphatic rings. The number of methoxy groups -OCH3 is 1.